The second-order valence-corrected chi connectivity index (χ2v) is 5.48. The lowest BCUT2D eigenvalue weighted by atomic mass is 10.1. The van der Waals surface area contributed by atoms with Crippen molar-refractivity contribution in [3.63, 3.8) is 0 Å². The number of thiocarbonyl (C=S) groups is 1. The van der Waals surface area contributed by atoms with Crippen LogP contribution in [0.2, 0.25) is 0 Å². The summed E-state index contributed by atoms with van der Waals surface area (Å²) in [6, 6.07) is 6.08. The van der Waals surface area contributed by atoms with E-state index in [1.165, 1.54) is 6.07 Å². The van der Waals surface area contributed by atoms with Crippen LogP contribution < -0.4 is 11.1 Å². The lowest BCUT2D eigenvalue weighted by Gasteiger charge is -2.11. The zero-order valence-corrected chi connectivity index (χ0v) is 13.0. The Kier molecular flexibility index (Phi) is 4.84. The minimum atomic E-state index is -0.600. The number of nitrogens with one attached hydrogen (secondary N) is 1. The Labute approximate surface area is 133 Å². The average molecular weight is 375 g/mol. The fourth-order valence-corrected chi connectivity index (χ4v) is 2.61. The molecule has 2 rings (SSSR count). The van der Waals surface area contributed by atoms with Gasteiger partial charge in [-0.05, 0) is 46.3 Å². The molecule has 7 heteroatoms. The molecule has 0 radical (unpaired) electrons. The monoisotopic (exact) mass is 374 g/mol. The van der Waals surface area contributed by atoms with Gasteiger partial charge in [0, 0.05) is 17.7 Å². The lowest BCUT2D eigenvalue weighted by Crippen LogP contribution is -2.12. The van der Waals surface area contributed by atoms with Crippen molar-refractivity contribution in [3.8, 4) is 0 Å². The Bertz CT molecular complexity index is 707. The largest absolute Gasteiger partial charge is 0.389 e. The van der Waals surface area contributed by atoms with Gasteiger partial charge in [0.05, 0.1) is 10.2 Å². The van der Waals surface area contributed by atoms with Crippen molar-refractivity contribution in [1.82, 2.24) is 0 Å². The standard InChI is InChI=1S/C14H10BrF3N2S/c15-12-9(14(19)21)2-4-11(13(12)18)20-6-7-5-8(16)1-3-10(7)17/h1-5,20H,6H2,(H2,19,21). The molecule has 0 unspecified atom stereocenters. The predicted octanol–water partition coefficient (Wildman–Crippen LogP) is 4.11. The number of halogens is 4. The van der Waals surface area contributed by atoms with Gasteiger partial charge in [-0.25, -0.2) is 13.2 Å². The highest BCUT2D eigenvalue weighted by Gasteiger charge is 2.13. The van der Waals surface area contributed by atoms with Gasteiger partial charge in [0.25, 0.3) is 0 Å². The van der Waals surface area contributed by atoms with Gasteiger partial charge in [-0.2, -0.15) is 0 Å². The molecule has 0 aromatic heterocycles. The van der Waals surface area contributed by atoms with Crippen molar-refractivity contribution in [2.24, 2.45) is 5.73 Å². The van der Waals surface area contributed by atoms with E-state index in [2.05, 4.69) is 21.2 Å². The fourth-order valence-electron chi connectivity index (χ4n) is 1.75. The minimum absolute atomic E-state index is 0.0562. The summed E-state index contributed by atoms with van der Waals surface area (Å²) in [5, 5.41) is 2.71. The first-order valence-electron chi connectivity index (χ1n) is 5.85. The van der Waals surface area contributed by atoms with E-state index in [1.54, 1.807) is 6.07 Å². The Balaban J connectivity index is 2.23. The summed E-state index contributed by atoms with van der Waals surface area (Å²) >= 11 is 7.86. The van der Waals surface area contributed by atoms with Crippen molar-refractivity contribution >= 4 is 38.8 Å². The first kappa shape index (κ1) is 15.8. The molecule has 0 bridgehead atoms. The maximum atomic E-state index is 14.1. The van der Waals surface area contributed by atoms with E-state index in [4.69, 9.17) is 18.0 Å². The second-order valence-electron chi connectivity index (χ2n) is 4.24. The van der Waals surface area contributed by atoms with Gasteiger partial charge in [0.15, 0.2) is 5.82 Å². The van der Waals surface area contributed by atoms with Crippen LogP contribution in [0.3, 0.4) is 0 Å². The highest BCUT2D eigenvalue weighted by Crippen LogP contribution is 2.27. The van der Waals surface area contributed by atoms with Gasteiger partial charge in [-0.3, -0.25) is 0 Å². The number of rotatable bonds is 4. The van der Waals surface area contributed by atoms with E-state index in [0.717, 1.165) is 18.2 Å². The predicted molar refractivity (Wildman–Crippen MR) is 83.7 cm³/mol. The van der Waals surface area contributed by atoms with Gasteiger partial charge in [0.2, 0.25) is 0 Å². The normalized spacial score (nSPS) is 10.5. The Hall–Kier alpha value is -1.60. The Morgan fingerprint density at radius 3 is 2.57 bits per heavy atom. The zero-order valence-electron chi connectivity index (χ0n) is 10.6. The second kappa shape index (κ2) is 6.44. The van der Waals surface area contributed by atoms with Crippen LogP contribution in [0.25, 0.3) is 0 Å². The summed E-state index contributed by atoms with van der Waals surface area (Å²) < 4.78 is 40.8. The van der Waals surface area contributed by atoms with E-state index in [0.29, 0.717) is 5.56 Å². The molecule has 110 valence electrons. The molecule has 0 saturated heterocycles. The molecule has 21 heavy (non-hydrogen) atoms. The summed E-state index contributed by atoms with van der Waals surface area (Å²) in [7, 11) is 0. The van der Waals surface area contributed by atoms with Gasteiger partial charge in [0.1, 0.15) is 16.6 Å². The molecule has 0 amide bonds. The molecule has 0 atom stereocenters. The van der Waals surface area contributed by atoms with Gasteiger partial charge in [-0.1, -0.05) is 12.2 Å². The van der Waals surface area contributed by atoms with Crippen LogP contribution in [0.1, 0.15) is 11.1 Å². The molecule has 0 aliphatic rings. The van der Waals surface area contributed by atoms with Crippen molar-refractivity contribution in [1.29, 1.82) is 0 Å². The summed E-state index contributed by atoms with van der Waals surface area (Å²) in [5.74, 6) is -1.72. The maximum Gasteiger partial charge on any atom is 0.161 e. The molecular formula is C14H10BrF3N2S. The van der Waals surface area contributed by atoms with Crippen molar-refractivity contribution in [3.05, 3.63) is 63.4 Å². The molecule has 0 saturated carbocycles. The van der Waals surface area contributed by atoms with Gasteiger partial charge in [-0.15, -0.1) is 0 Å². The van der Waals surface area contributed by atoms with Gasteiger partial charge < -0.3 is 11.1 Å². The van der Waals surface area contributed by atoms with Crippen LogP contribution in [0.4, 0.5) is 18.9 Å². The molecule has 0 spiro atoms. The molecular weight excluding hydrogens is 365 g/mol. The summed E-state index contributed by atoms with van der Waals surface area (Å²) in [4.78, 5) is 0.0588. The smallest absolute Gasteiger partial charge is 0.161 e. The molecule has 2 aromatic carbocycles. The topological polar surface area (TPSA) is 38.0 Å². The molecule has 0 aliphatic carbocycles. The lowest BCUT2D eigenvalue weighted by molar-refractivity contribution is 0.586. The van der Waals surface area contributed by atoms with Crippen molar-refractivity contribution in [2.75, 3.05) is 5.32 Å². The minimum Gasteiger partial charge on any atom is -0.389 e. The number of nitrogens with two attached hydrogens (primary N) is 1. The van der Waals surface area contributed by atoms with E-state index in [1.807, 2.05) is 0 Å². The van der Waals surface area contributed by atoms with Crippen LogP contribution in [0.5, 0.6) is 0 Å². The van der Waals surface area contributed by atoms with Crippen molar-refractivity contribution in [2.45, 2.75) is 6.54 Å². The van der Waals surface area contributed by atoms with E-state index < -0.39 is 17.5 Å². The third kappa shape index (κ3) is 3.54. The summed E-state index contributed by atoms with van der Waals surface area (Å²) in [6.07, 6.45) is 0. The third-order valence-corrected chi connectivity index (χ3v) is 3.82. The van der Waals surface area contributed by atoms with Crippen LogP contribution >= 0.6 is 28.1 Å². The van der Waals surface area contributed by atoms with Crippen molar-refractivity contribution < 1.29 is 13.2 Å². The third-order valence-electron chi connectivity index (χ3n) is 2.82. The maximum absolute atomic E-state index is 14.1. The number of hydrogen-bond acceptors (Lipinski definition) is 2. The highest BCUT2D eigenvalue weighted by atomic mass is 79.9. The molecule has 0 heterocycles. The average Bonchev–Trinajstić information content (AvgIpc) is 2.43. The SMILES string of the molecule is NC(=S)c1ccc(NCc2cc(F)ccc2F)c(F)c1Br. The van der Waals surface area contributed by atoms with Crippen LogP contribution in [0, 0.1) is 17.5 Å². The molecule has 0 aliphatic heterocycles. The fraction of sp³-hybridized carbons (Fsp3) is 0.0714. The first-order chi connectivity index (χ1) is 9.90. The molecule has 3 N–H and O–H groups in total. The van der Waals surface area contributed by atoms with Gasteiger partial charge >= 0.3 is 0 Å². The quantitative estimate of drug-likeness (QED) is 0.790. The summed E-state index contributed by atoms with van der Waals surface area (Å²) in [6.45, 7) is -0.0562. The Morgan fingerprint density at radius 1 is 1.19 bits per heavy atom. The van der Waals surface area contributed by atoms with E-state index >= 15 is 0 Å². The summed E-state index contributed by atoms with van der Waals surface area (Å²) in [5.41, 5.74) is 6.05. The van der Waals surface area contributed by atoms with E-state index in [-0.39, 0.29) is 27.3 Å². The Morgan fingerprint density at radius 2 is 1.90 bits per heavy atom. The van der Waals surface area contributed by atoms with E-state index in [9.17, 15) is 13.2 Å². The first-order valence-corrected chi connectivity index (χ1v) is 7.06. The van der Waals surface area contributed by atoms with Crippen LogP contribution in [-0.2, 0) is 6.54 Å². The molecule has 0 fully saturated rings. The number of hydrogen-bond donors (Lipinski definition) is 2. The van der Waals surface area contributed by atoms with Crippen LogP contribution in [-0.4, -0.2) is 4.99 Å². The highest BCUT2D eigenvalue weighted by molar-refractivity contribution is 9.10. The van der Waals surface area contributed by atoms with Crippen LogP contribution in [0.15, 0.2) is 34.8 Å². The molecule has 2 nitrogen and oxygen atoms in total. The number of anilines is 1. The zero-order chi connectivity index (χ0) is 15.6. The molecule has 2 aromatic rings. The number of benzene rings is 2.